The molecule has 0 aromatic carbocycles. The topological polar surface area (TPSA) is 66.4 Å². The van der Waals surface area contributed by atoms with E-state index >= 15 is 0 Å². The van der Waals surface area contributed by atoms with Crippen LogP contribution in [0.15, 0.2) is 30.7 Å². The van der Waals surface area contributed by atoms with Gasteiger partial charge in [-0.3, -0.25) is 19.5 Å². The van der Waals surface area contributed by atoms with Gasteiger partial charge >= 0.3 is 0 Å². The molecular formula is C18H18N4O2. The number of fused-ring (bicyclic) bond motifs is 1. The van der Waals surface area contributed by atoms with Gasteiger partial charge in [0.05, 0.1) is 11.9 Å². The SMILES string of the molecule is O=CN1CCCc2cc(-c3cncc(N4CCCC4=O)c3)cnc21. The van der Waals surface area contributed by atoms with Crippen molar-refractivity contribution >= 4 is 23.8 Å². The van der Waals surface area contributed by atoms with Crippen molar-refractivity contribution in [2.75, 3.05) is 22.9 Å². The van der Waals surface area contributed by atoms with Crippen molar-refractivity contribution in [3.63, 3.8) is 0 Å². The first-order valence-electron chi connectivity index (χ1n) is 8.23. The van der Waals surface area contributed by atoms with E-state index in [1.807, 2.05) is 6.07 Å². The Morgan fingerprint density at radius 3 is 2.62 bits per heavy atom. The summed E-state index contributed by atoms with van der Waals surface area (Å²) >= 11 is 0. The Bertz CT molecular complexity index is 805. The lowest BCUT2D eigenvalue weighted by atomic mass is 10.0. The van der Waals surface area contributed by atoms with Gasteiger partial charge in [0.2, 0.25) is 12.3 Å². The van der Waals surface area contributed by atoms with Crippen LogP contribution in [-0.4, -0.2) is 35.4 Å². The van der Waals surface area contributed by atoms with Crippen LogP contribution in [0.4, 0.5) is 11.5 Å². The van der Waals surface area contributed by atoms with Crippen LogP contribution in [0.3, 0.4) is 0 Å². The van der Waals surface area contributed by atoms with E-state index in [4.69, 9.17) is 0 Å². The third-order valence-electron chi connectivity index (χ3n) is 4.63. The van der Waals surface area contributed by atoms with Gasteiger partial charge < -0.3 is 4.90 Å². The Labute approximate surface area is 140 Å². The number of rotatable bonds is 3. The predicted octanol–water partition coefficient (Wildman–Crippen LogP) is 2.18. The smallest absolute Gasteiger partial charge is 0.227 e. The molecular weight excluding hydrogens is 304 g/mol. The summed E-state index contributed by atoms with van der Waals surface area (Å²) in [5.41, 5.74) is 3.81. The van der Waals surface area contributed by atoms with Gasteiger partial charge in [0.15, 0.2) is 0 Å². The van der Waals surface area contributed by atoms with Gasteiger partial charge in [0, 0.05) is 43.0 Å². The van der Waals surface area contributed by atoms with E-state index in [1.54, 1.807) is 28.4 Å². The largest absolute Gasteiger partial charge is 0.311 e. The maximum atomic E-state index is 11.9. The number of carbonyl (C=O) groups is 2. The number of aromatic nitrogens is 2. The van der Waals surface area contributed by atoms with Crippen LogP contribution in [0.25, 0.3) is 11.1 Å². The van der Waals surface area contributed by atoms with Crippen molar-refractivity contribution in [2.45, 2.75) is 25.7 Å². The molecule has 0 spiro atoms. The Morgan fingerprint density at radius 1 is 1.00 bits per heavy atom. The number of carbonyl (C=O) groups excluding carboxylic acids is 2. The van der Waals surface area contributed by atoms with Gasteiger partial charge in [-0.25, -0.2) is 4.98 Å². The highest BCUT2D eigenvalue weighted by Crippen LogP contribution is 2.30. The highest BCUT2D eigenvalue weighted by Gasteiger charge is 2.23. The second-order valence-electron chi connectivity index (χ2n) is 6.19. The van der Waals surface area contributed by atoms with Gasteiger partial charge in [-0.1, -0.05) is 0 Å². The van der Waals surface area contributed by atoms with Crippen LogP contribution >= 0.6 is 0 Å². The second kappa shape index (κ2) is 6.03. The molecule has 1 fully saturated rings. The van der Waals surface area contributed by atoms with E-state index < -0.39 is 0 Å². The van der Waals surface area contributed by atoms with Crippen molar-refractivity contribution < 1.29 is 9.59 Å². The minimum absolute atomic E-state index is 0.152. The molecule has 0 saturated carbocycles. The highest BCUT2D eigenvalue weighted by atomic mass is 16.2. The number of aryl methyl sites for hydroxylation is 1. The number of amides is 2. The number of hydrogen-bond donors (Lipinski definition) is 0. The lowest BCUT2D eigenvalue weighted by Crippen LogP contribution is -2.28. The molecule has 122 valence electrons. The zero-order valence-electron chi connectivity index (χ0n) is 13.3. The lowest BCUT2D eigenvalue weighted by Gasteiger charge is -2.25. The third kappa shape index (κ3) is 2.54. The van der Waals surface area contributed by atoms with E-state index in [9.17, 15) is 9.59 Å². The first kappa shape index (κ1) is 14.8. The summed E-state index contributed by atoms with van der Waals surface area (Å²) in [5.74, 6) is 0.901. The summed E-state index contributed by atoms with van der Waals surface area (Å²) in [6.45, 7) is 1.47. The first-order chi connectivity index (χ1) is 11.8. The number of nitrogens with zero attached hydrogens (tertiary/aromatic N) is 4. The van der Waals surface area contributed by atoms with Gasteiger partial charge in [-0.15, -0.1) is 0 Å². The Balaban J connectivity index is 1.69. The molecule has 0 radical (unpaired) electrons. The first-order valence-corrected chi connectivity index (χ1v) is 8.23. The fourth-order valence-electron chi connectivity index (χ4n) is 3.41. The molecule has 6 nitrogen and oxygen atoms in total. The minimum Gasteiger partial charge on any atom is -0.311 e. The highest BCUT2D eigenvalue weighted by molar-refractivity contribution is 5.95. The molecule has 0 N–H and O–H groups in total. The lowest BCUT2D eigenvalue weighted by molar-refractivity contribution is -0.117. The number of pyridine rings is 2. The summed E-state index contributed by atoms with van der Waals surface area (Å²) in [7, 11) is 0. The van der Waals surface area contributed by atoms with Gasteiger partial charge in [-0.05, 0) is 37.0 Å². The predicted molar refractivity (Wildman–Crippen MR) is 90.8 cm³/mol. The molecule has 0 unspecified atom stereocenters. The normalized spacial score (nSPS) is 17.1. The van der Waals surface area contributed by atoms with E-state index in [0.29, 0.717) is 6.42 Å². The average molecular weight is 322 g/mol. The Hall–Kier alpha value is -2.76. The van der Waals surface area contributed by atoms with Crippen LogP contribution in [0.2, 0.25) is 0 Å². The molecule has 0 aliphatic carbocycles. The minimum atomic E-state index is 0.152. The van der Waals surface area contributed by atoms with Gasteiger partial charge in [0.1, 0.15) is 5.82 Å². The molecule has 2 aromatic rings. The molecule has 4 heterocycles. The molecule has 0 atom stereocenters. The molecule has 2 aliphatic rings. The van der Waals surface area contributed by atoms with Crippen molar-refractivity contribution in [1.82, 2.24) is 9.97 Å². The van der Waals surface area contributed by atoms with Gasteiger partial charge in [-0.2, -0.15) is 0 Å². The molecule has 1 saturated heterocycles. The molecule has 6 heteroatoms. The summed E-state index contributed by atoms with van der Waals surface area (Å²) in [5, 5.41) is 0. The maximum Gasteiger partial charge on any atom is 0.227 e. The maximum absolute atomic E-state index is 11.9. The quantitative estimate of drug-likeness (QED) is 0.812. The van der Waals surface area contributed by atoms with Crippen LogP contribution in [0.5, 0.6) is 0 Å². The number of anilines is 2. The summed E-state index contributed by atoms with van der Waals surface area (Å²) in [6, 6.07) is 4.06. The molecule has 24 heavy (non-hydrogen) atoms. The summed E-state index contributed by atoms with van der Waals surface area (Å²) in [4.78, 5) is 35.3. The van der Waals surface area contributed by atoms with Crippen LogP contribution < -0.4 is 9.80 Å². The third-order valence-corrected chi connectivity index (χ3v) is 4.63. The van der Waals surface area contributed by atoms with E-state index in [2.05, 4.69) is 16.0 Å². The fraction of sp³-hybridized carbons (Fsp3) is 0.333. The number of hydrogen-bond acceptors (Lipinski definition) is 4. The van der Waals surface area contributed by atoms with Crippen molar-refractivity contribution in [3.05, 3.63) is 36.3 Å². The van der Waals surface area contributed by atoms with Crippen molar-refractivity contribution in [2.24, 2.45) is 0 Å². The monoisotopic (exact) mass is 322 g/mol. The zero-order valence-corrected chi connectivity index (χ0v) is 13.3. The molecule has 0 bridgehead atoms. The van der Waals surface area contributed by atoms with Gasteiger partial charge in [0.25, 0.3) is 0 Å². The van der Waals surface area contributed by atoms with E-state index in [0.717, 1.165) is 67.0 Å². The Morgan fingerprint density at radius 2 is 1.83 bits per heavy atom. The second-order valence-corrected chi connectivity index (χ2v) is 6.19. The van der Waals surface area contributed by atoms with Crippen molar-refractivity contribution in [3.8, 4) is 11.1 Å². The standard InChI is InChI=1S/C18H18N4O2/c23-12-21-5-1-3-13-7-14(10-20-18(13)21)15-8-16(11-19-9-15)22-6-2-4-17(22)24/h7-12H,1-6H2. The average Bonchev–Trinajstić information content (AvgIpc) is 3.07. The molecule has 2 aromatic heterocycles. The van der Waals surface area contributed by atoms with Crippen LogP contribution in [0, 0.1) is 0 Å². The molecule has 2 amide bonds. The molecule has 2 aliphatic heterocycles. The van der Waals surface area contributed by atoms with Crippen molar-refractivity contribution in [1.29, 1.82) is 0 Å². The van der Waals surface area contributed by atoms with E-state index in [1.165, 1.54) is 0 Å². The zero-order chi connectivity index (χ0) is 16.5. The fourth-order valence-corrected chi connectivity index (χ4v) is 3.41. The Kier molecular flexibility index (Phi) is 3.72. The summed E-state index contributed by atoms with van der Waals surface area (Å²) < 4.78 is 0. The van der Waals surface area contributed by atoms with Crippen LogP contribution in [-0.2, 0) is 16.0 Å². The summed E-state index contributed by atoms with van der Waals surface area (Å²) in [6.07, 6.45) is 9.48. The van der Waals surface area contributed by atoms with E-state index in [-0.39, 0.29) is 5.91 Å². The van der Waals surface area contributed by atoms with Crippen LogP contribution in [0.1, 0.15) is 24.8 Å². The molecule has 4 rings (SSSR count).